The molecule has 0 unspecified atom stereocenters. The third-order valence-electron chi connectivity index (χ3n) is 31.4. The Labute approximate surface area is 860 Å². The van der Waals surface area contributed by atoms with Gasteiger partial charge >= 0.3 is 0 Å². The fourth-order valence-electron chi connectivity index (χ4n) is 24.6. The quantitative estimate of drug-likeness (QED) is 0.119. The SMILES string of the molecule is Cc1ccc(-c2cc3ccccc3n2-c2ccc(-c3c(C)c(-c4cccc5c4oc4ccccc45)c(C)c(-c4cccc5c4oc4ccccc45)c3C)cc2)cc1.c1ccc(-c2ccc3c(c2)oc2cc(-c4ccccc4)ccc23)cc1.c1ccc2c(c1)oc1c(-c3cc(-c4cccc5c4oc4ccccc45)c4ccc5c(-c6cccc7c6oc6ccccc67)cc(-c6cccc7c6oc6ccccc67)c6ccc3c4c65)cccc12. The molecule has 0 aliphatic heterocycles. The average Bonchev–Trinajstić information content (AvgIpc) is 0.796. The topological polar surface area (TPSA) is 96.9 Å². The highest BCUT2D eigenvalue weighted by Gasteiger charge is 2.31. The predicted octanol–water partition coefficient (Wildman–Crippen LogP) is 41.1. The second-order valence-electron chi connectivity index (χ2n) is 39.8. The van der Waals surface area contributed by atoms with Crippen molar-refractivity contribution in [3.05, 3.63) is 489 Å². The van der Waals surface area contributed by atoms with E-state index in [2.05, 4.69) is 451 Å². The zero-order valence-corrected chi connectivity index (χ0v) is 82.3. The summed E-state index contributed by atoms with van der Waals surface area (Å²) in [6, 6.07) is 166. The number of hydrogen-bond acceptors (Lipinski definition) is 7. The Morgan fingerprint density at radius 1 is 0.160 bits per heavy atom. The summed E-state index contributed by atoms with van der Waals surface area (Å²) in [4.78, 5) is 0. The van der Waals surface area contributed by atoms with Crippen LogP contribution in [0.25, 0.3) is 314 Å². The fourth-order valence-corrected chi connectivity index (χ4v) is 24.6. The number of para-hydroxylation sites is 13. The molecular formula is C142H89NO7. The molecule has 0 aliphatic carbocycles. The summed E-state index contributed by atoms with van der Waals surface area (Å²) >= 11 is 0. The monoisotopic (exact) mass is 1920 g/mol. The van der Waals surface area contributed by atoms with Gasteiger partial charge in [-0.25, -0.2) is 0 Å². The summed E-state index contributed by atoms with van der Waals surface area (Å²) in [6.45, 7) is 8.96. The highest BCUT2D eigenvalue weighted by molar-refractivity contribution is 6.35. The van der Waals surface area contributed by atoms with Crippen molar-refractivity contribution < 1.29 is 30.9 Å². The van der Waals surface area contributed by atoms with Gasteiger partial charge in [-0.3, -0.25) is 0 Å². The maximum atomic E-state index is 6.83. The highest BCUT2D eigenvalue weighted by Crippen LogP contribution is 2.56. The average molecular weight is 1920 g/mol. The number of rotatable bonds is 11. The van der Waals surface area contributed by atoms with Crippen LogP contribution < -0.4 is 0 Å². The van der Waals surface area contributed by atoms with E-state index in [1.165, 1.54) is 94.1 Å². The molecule has 0 fully saturated rings. The Bertz CT molecular complexity index is 10300. The van der Waals surface area contributed by atoms with Crippen LogP contribution in [-0.4, -0.2) is 4.57 Å². The van der Waals surface area contributed by atoms with Crippen LogP contribution in [0.2, 0.25) is 0 Å². The molecule has 32 rings (SSSR count). The van der Waals surface area contributed by atoms with Crippen molar-refractivity contribution in [2.45, 2.75) is 27.7 Å². The summed E-state index contributed by atoms with van der Waals surface area (Å²) in [5.74, 6) is 0. The van der Waals surface area contributed by atoms with Gasteiger partial charge in [0.1, 0.15) is 78.2 Å². The molecule has 0 spiro atoms. The predicted molar refractivity (Wildman–Crippen MR) is 624 cm³/mol. The number of furan rings is 7. The van der Waals surface area contributed by atoms with Crippen LogP contribution >= 0.6 is 0 Å². The van der Waals surface area contributed by atoms with Gasteiger partial charge in [-0.15, -0.1) is 0 Å². The molecule has 0 amide bonds. The van der Waals surface area contributed by atoms with Gasteiger partial charge in [0.15, 0.2) is 0 Å². The lowest BCUT2D eigenvalue weighted by Crippen LogP contribution is -2.02. The molecule has 8 heterocycles. The number of nitrogens with zero attached hydrogens (tertiary/aromatic N) is 1. The van der Waals surface area contributed by atoms with E-state index in [0.29, 0.717) is 0 Å². The molecule has 24 aromatic carbocycles. The van der Waals surface area contributed by atoms with Crippen LogP contribution in [0, 0.1) is 27.7 Å². The molecule has 704 valence electrons. The summed E-state index contributed by atoms with van der Waals surface area (Å²) in [6.07, 6.45) is 0. The molecule has 150 heavy (non-hydrogen) atoms. The van der Waals surface area contributed by atoms with Crippen molar-refractivity contribution in [2.75, 3.05) is 0 Å². The first kappa shape index (κ1) is 86.0. The van der Waals surface area contributed by atoms with Crippen LogP contribution in [0.5, 0.6) is 0 Å². The number of hydrogen-bond donors (Lipinski definition) is 0. The van der Waals surface area contributed by atoms with E-state index >= 15 is 0 Å². The first-order valence-corrected chi connectivity index (χ1v) is 51.3. The van der Waals surface area contributed by atoms with Crippen LogP contribution in [0.1, 0.15) is 22.3 Å². The maximum Gasteiger partial charge on any atom is 0.143 e. The minimum absolute atomic E-state index is 0.867. The number of aryl methyl sites for hydroxylation is 1. The van der Waals surface area contributed by atoms with Crippen LogP contribution in [0.4, 0.5) is 0 Å². The summed E-state index contributed by atoms with van der Waals surface area (Å²) < 4.78 is 49.3. The lowest BCUT2D eigenvalue weighted by Gasteiger charge is -2.24. The van der Waals surface area contributed by atoms with Gasteiger partial charge in [-0.1, -0.05) is 376 Å². The van der Waals surface area contributed by atoms with Gasteiger partial charge in [-0.2, -0.15) is 0 Å². The minimum atomic E-state index is 0.867. The first-order valence-electron chi connectivity index (χ1n) is 51.3. The van der Waals surface area contributed by atoms with Crippen molar-refractivity contribution in [3.8, 4) is 117 Å². The van der Waals surface area contributed by atoms with E-state index in [-0.39, 0.29) is 0 Å². The van der Waals surface area contributed by atoms with E-state index in [1.807, 2.05) is 48.5 Å². The minimum Gasteiger partial charge on any atom is -0.456 e. The number of aromatic nitrogens is 1. The second-order valence-corrected chi connectivity index (χ2v) is 39.8. The standard InChI is InChI=1S/C64H34O4.C54H39NO2.C24H16O/c1-5-25-55-35(13-1)43-17-9-21-47(61(43)65-55)51-33-52(48-22-10-18-44-36-14-2-6-26-56(36)66-62(44)48)40-31-32-42-54(50-24-12-20-46-38-16-4-8-28-58(38)68-64(46)50)34-53(41-30-29-39(51)59(40)60(41)42)49-23-11-19-45-37-15-3-7-27-57(37)67-63(45)49;1-32-23-25-36(26-24-32)47-31-38-13-5-8-20-46(38)55(47)39-29-27-37(28-30-39)50-33(2)51(44-18-11-16-42-40-14-6-9-21-48(40)56-53(42)44)35(4)52(34(50)3)45-19-12-17-43-41-15-7-10-22-49(41)57-54(43)45;1-3-7-17(8-4-1)19-11-13-21-22-14-12-20(18-9-5-2-6-10-18)16-24(22)25-23(21)15-19/h1-34H;5-31H,1-4H3;1-16H. The van der Waals surface area contributed by atoms with Gasteiger partial charge in [0.2, 0.25) is 0 Å². The Morgan fingerprint density at radius 3 is 0.787 bits per heavy atom. The largest absolute Gasteiger partial charge is 0.456 e. The molecule has 8 nitrogen and oxygen atoms in total. The third-order valence-corrected chi connectivity index (χ3v) is 31.4. The zero-order valence-electron chi connectivity index (χ0n) is 82.3. The molecular weight excluding hydrogens is 1830 g/mol. The summed E-state index contributed by atoms with van der Waals surface area (Å²) in [5.41, 5.74) is 42.2. The van der Waals surface area contributed by atoms with Crippen molar-refractivity contribution in [2.24, 2.45) is 0 Å². The molecule has 0 aliphatic rings. The molecule has 32 aromatic rings. The van der Waals surface area contributed by atoms with E-state index in [1.54, 1.807) is 0 Å². The lowest BCUT2D eigenvalue weighted by molar-refractivity contribution is 0.669. The zero-order chi connectivity index (χ0) is 99.2. The van der Waals surface area contributed by atoms with Crippen molar-refractivity contribution in [3.63, 3.8) is 0 Å². The Morgan fingerprint density at radius 2 is 0.433 bits per heavy atom. The van der Waals surface area contributed by atoms with E-state index in [4.69, 9.17) is 30.9 Å². The molecule has 0 saturated heterocycles. The highest BCUT2D eigenvalue weighted by atomic mass is 16.4. The number of benzene rings is 24. The van der Waals surface area contributed by atoms with Crippen molar-refractivity contribution >= 4 is 197 Å². The summed E-state index contributed by atoms with van der Waals surface area (Å²) in [5, 5.41) is 23.7. The van der Waals surface area contributed by atoms with Gasteiger partial charge < -0.3 is 35.5 Å². The van der Waals surface area contributed by atoms with Crippen LogP contribution in [-0.2, 0) is 0 Å². The Hall–Kier alpha value is -19.5. The van der Waals surface area contributed by atoms with Crippen LogP contribution in [0.3, 0.4) is 0 Å². The van der Waals surface area contributed by atoms with Gasteiger partial charge in [0, 0.05) is 120 Å². The first-order chi connectivity index (χ1) is 74.1. The maximum absolute atomic E-state index is 6.83. The molecule has 8 aromatic heterocycles. The third kappa shape index (κ3) is 13.5. The molecule has 8 heteroatoms. The van der Waals surface area contributed by atoms with Crippen molar-refractivity contribution in [1.82, 2.24) is 4.57 Å². The van der Waals surface area contributed by atoms with Gasteiger partial charge in [0.25, 0.3) is 0 Å². The van der Waals surface area contributed by atoms with E-state index in [0.717, 1.165) is 242 Å². The van der Waals surface area contributed by atoms with E-state index in [9.17, 15) is 0 Å². The van der Waals surface area contributed by atoms with Crippen LogP contribution in [0.15, 0.2) is 498 Å². The fraction of sp³-hybridized carbons (Fsp3) is 0.0282. The smallest absolute Gasteiger partial charge is 0.143 e. The molecule has 0 N–H and O–H groups in total. The van der Waals surface area contributed by atoms with E-state index < -0.39 is 0 Å². The second kappa shape index (κ2) is 34.1. The molecule has 0 saturated carbocycles. The molecule has 0 radical (unpaired) electrons. The van der Waals surface area contributed by atoms with Gasteiger partial charge in [-0.05, 0) is 246 Å². The normalized spacial score (nSPS) is 12.0. The van der Waals surface area contributed by atoms with Crippen molar-refractivity contribution in [1.29, 1.82) is 0 Å². The molecule has 0 atom stereocenters. The lowest BCUT2D eigenvalue weighted by atomic mass is 9.80. The Balaban J connectivity index is 0.000000113. The Kier molecular flexibility index (Phi) is 19.5. The summed E-state index contributed by atoms with van der Waals surface area (Å²) in [7, 11) is 0. The molecule has 0 bridgehead atoms. The van der Waals surface area contributed by atoms with Gasteiger partial charge in [0.05, 0.1) is 11.2 Å². The number of fused-ring (bicyclic) bond motifs is 22.